The fraction of sp³-hybridized carbons (Fsp3) is 0.375. The topological polar surface area (TPSA) is 72.8 Å². The number of quaternary nitrogens is 1. The molecule has 3 N–H and O–H groups in total. The predicted molar refractivity (Wildman–Crippen MR) is 184 cm³/mol. The van der Waals surface area contributed by atoms with Gasteiger partial charge in [0.1, 0.15) is 23.9 Å². The standard InChI is InChI=1S/C40H41N4O3/c1-4-23-20-42-15-12-25-35-30(9-7-11-33(35)47-3)41-37(25)32(42)18-26(23)28-21-43-31-10-6-5-8-29(31)40-14-16-44(2)22-24(13-17-45)27(19-34(40)44)36(38(28)46)39(40)43/h5-13,15,18,20-21,27,34,36,38-39,45-46H,4,14,16-17,19,22H2,1-3H3/q+1/p+1/b24-13+/t27-,34-,36-,38+,39-,40+,44?/m0/s1. The van der Waals surface area contributed by atoms with Crippen molar-refractivity contribution in [3.63, 3.8) is 0 Å². The van der Waals surface area contributed by atoms with Gasteiger partial charge in [0.15, 0.2) is 12.4 Å². The van der Waals surface area contributed by atoms with Crippen molar-refractivity contribution < 1.29 is 23.8 Å². The van der Waals surface area contributed by atoms with E-state index in [1.807, 2.05) is 12.1 Å². The van der Waals surface area contributed by atoms with Gasteiger partial charge in [-0.3, -0.25) is 0 Å². The van der Waals surface area contributed by atoms with Crippen molar-refractivity contribution in [3.8, 4) is 5.75 Å². The van der Waals surface area contributed by atoms with E-state index in [4.69, 9.17) is 4.74 Å². The van der Waals surface area contributed by atoms with Crippen molar-refractivity contribution in [1.82, 2.24) is 4.98 Å². The predicted octanol–water partition coefficient (Wildman–Crippen LogP) is 5.26. The molecule has 0 radical (unpaired) electrons. The molecule has 3 fully saturated rings. The van der Waals surface area contributed by atoms with E-state index in [2.05, 4.69) is 95.4 Å². The Bertz CT molecular complexity index is 2220. The summed E-state index contributed by atoms with van der Waals surface area (Å²) < 4.78 is 9.03. The molecule has 1 spiro atoms. The van der Waals surface area contributed by atoms with Gasteiger partial charge in [0.2, 0.25) is 5.52 Å². The number of H-pyrrole nitrogens is 1. The molecule has 7 nitrogen and oxygen atoms in total. The molecule has 7 atom stereocenters. The van der Waals surface area contributed by atoms with E-state index in [1.54, 1.807) is 7.11 Å². The quantitative estimate of drug-likeness (QED) is 0.145. The Morgan fingerprint density at radius 3 is 2.87 bits per heavy atom. The summed E-state index contributed by atoms with van der Waals surface area (Å²) in [6.45, 7) is 4.35. The second kappa shape index (κ2) is 9.47. The number of para-hydroxylation sites is 1. The zero-order valence-electron chi connectivity index (χ0n) is 27.3. The van der Waals surface area contributed by atoms with Gasteiger partial charge in [0.05, 0.1) is 50.4 Å². The van der Waals surface area contributed by atoms with Gasteiger partial charge in [0, 0.05) is 64.7 Å². The molecule has 2 aromatic carbocycles. The van der Waals surface area contributed by atoms with Crippen LogP contribution in [0.25, 0.3) is 32.9 Å². The van der Waals surface area contributed by atoms with Crippen molar-refractivity contribution in [2.24, 2.45) is 11.8 Å². The van der Waals surface area contributed by atoms with E-state index in [0.717, 1.165) is 81.0 Å². The lowest BCUT2D eigenvalue weighted by molar-refractivity contribution is -0.925. The molecular weight excluding hydrogens is 584 g/mol. The van der Waals surface area contributed by atoms with E-state index >= 15 is 0 Å². The van der Waals surface area contributed by atoms with Crippen LogP contribution in [0.2, 0.25) is 0 Å². The van der Waals surface area contributed by atoms with Gasteiger partial charge in [-0.05, 0) is 47.2 Å². The molecule has 1 aliphatic carbocycles. The van der Waals surface area contributed by atoms with Crippen molar-refractivity contribution in [2.75, 3.05) is 38.8 Å². The SMILES string of the molecule is CCc1c[n+]2ccc3c([nH]c4cccc(OC)c43)c2cc1C1=CN2c3ccccc3[C@]34CC[N+]5(C)C/C(=C\CO)[C@H](C[C@@H]35)[C@@H]([C@@H]1O)[C@H]24. The average molecular weight is 627 g/mol. The van der Waals surface area contributed by atoms with E-state index in [1.165, 1.54) is 22.4 Å². The van der Waals surface area contributed by atoms with E-state index < -0.39 is 6.10 Å². The number of rotatable bonds is 4. The lowest BCUT2D eigenvalue weighted by Crippen LogP contribution is -2.70. The minimum absolute atomic E-state index is 0.0165. The van der Waals surface area contributed by atoms with Gasteiger partial charge in [0.25, 0.3) is 0 Å². The summed E-state index contributed by atoms with van der Waals surface area (Å²) in [6.07, 6.45) is 11.2. The number of pyridine rings is 2. The highest BCUT2D eigenvalue weighted by Crippen LogP contribution is 2.67. The number of piperidine rings is 1. The summed E-state index contributed by atoms with van der Waals surface area (Å²) in [6, 6.07) is 20.4. The van der Waals surface area contributed by atoms with Crippen LogP contribution in [0.5, 0.6) is 5.75 Å². The molecule has 3 aromatic heterocycles. The van der Waals surface area contributed by atoms with Gasteiger partial charge >= 0.3 is 0 Å². The number of benzene rings is 2. The number of aromatic amines is 1. The van der Waals surface area contributed by atoms with E-state index in [9.17, 15) is 10.2 Å². The van der Waals surface area contributed by atoms with Crippen molar-refractivity contribution in [3.05, 3.63) is 102 Å². The average Bonchev–Trinajstić information content (AvgIpc) is 3.73. The number of anilines is 1. The number of aliphatic hydroxyl groups is 2. The molecule has 0 amide bonds. The Morgan fingerprint density at radius 2 is 2.04 bits per heavy atom. The van der Waals surface area contributed by atoms with Crippen LogP contribution in [0.3, 0.4) is 0 Å². The van der Waals surface area contributed by atoms with Crippen LogP contribution in [0.1, 0.15) is 36.5 Å². The Hall–Kier alpha value is -4.17. The number of nitrogens with one attached hydrogen (secondary N) is 1. The van der Waals surface area contributed by atoms with Crippen molar-refractivity contribution in [2.45, 2.75) is 49.8 Å². The maximum Gasteiger partial charge on any atom is 0.235 e. The number of methoxy groups -OCH3 is 1. The Labute approximate surface area is 274 Å². The molecule has 1 unspecified atom stereocenters. The Morgan fingerprint density at radius 1 is 1.17 bits per heavy atom. The van der Waals surface area contributed by atoms with Gasteiger partial charge < -0.3 is 29.3 Å². The summed E-state index contributed by atoms with van der Waals surface area (Å²) >= 11 is 0. The summed E-state index contributed by atoms with van der Waals surface area (Å²) in [5.41, 5.74) is 10.7. The molecule has 2 saturated heterocycles. The lowest BCUT2D eigenvalue weighted by atomic mass is 9.53. The van der Waals surface area contributed by atoms with Crippen molar-refractivity contribution in [1.29, 1.82) is 0 Å². The van der Waals surface area contributed by atoms with Crippen LogP contribution >= 0.6 is 0 Å². The number of nitrogens with zero attached hydrogens (tertiary/aromatic N) is 3. The maximum absolute atomic E-state index is 12.8. The lowest BCUT2D eigenvalue weighted by Gasteiger charge is -2.59. The molecule has 10 rings (SSSR count). The fourth-order valence-electron chi connectivity index (χ4n) is 11.3. The van der Waals surface area contributed by atoms with Crippen LogP contribution in [-0.2, 0) is 11.8 Å². The minimum Gasteiger partial charge on any atom is -0.496 e. The first-order valence-electron chi connectivity index (χ1n) is 17.3. The third-order valence-corrected chi connectivity index (χ3v) is 13.1. The highest BCUT2D eigenvalue weighted by molar-refractivity contribution is 6.13. The van der Waals surface area contributed by atoms with Crippen LogP contribution in [0.4, 0.5) is 5.69 Å². The number of likely N-dealkylation sites (N-methyl/N-ethyl adjacent to an activating group) is 1. The number of aryl methyl sites for hydroxylation is 1. The zero-order chi connectivity index (χ0) is 31.8. The van der Waals surface area contributed by atoms with Gasteiger partial charge in [-0.15, -0.1) is 0 Å². The maximum atomic E-state index is 12.8. The second-order valence-electron chi connectivity index (χ2n) is 14.9. The molecule has 47 heavy (non-hydrogen) atoms. The molecular formula is C40H42N4O3+2. The number of hydrogen-bond acceptors (Lipinski definition) is 4. The highest BCUT2D eigenvalue weighted by Gasteiger charge is 2.73. The van der Waals surface area contributed by atoms with Crippen LogP contribution in [0.15, 0.2) is 84.8 Å². The van der Waals surface area contributed by atoms with Crippen molar-refractivity contribution >= 4 is 38.6 Å². The zero-order valence-corrected chi connectivity index (χ0v) is 27.3. The number of aliphatic hydroxyl groups excluding tert-OH is 2. The number of ether oxygens (including phenoxy) is 1. The molecule has 5 aromatic rings. The van der Waals surface area contributed by atoms with Gasteiger partial charge in [-0.2, -0.15) is 4.40 Å². The van der Waals surface area contributed by atoms with Crippen LogP contribution < -0.4 is 14.0 Å². The molecule has 7 heteroatoms. The normalized spacial score (nSPS) is 32.7. The Balaban J connectivity index is 1.23. The van der Waals surface area contributed by atoms with Gasteiger partial charge in [-0.25, -0.2) is 0 Å². The summed E-state index contributed by atoms with van der Waals surface area (Å²) in [4.78, 5) is 6.28. The molecule has 2 bridgehead atoms. The summed E-state index contributed by atoms with van der Waals surface area (Å²) in [5, 5.41) is 25.2. The van der Waals surface area contributed by atoms with Crippen LogP contribution in [-0.4, -0.2) is 71.7 Å². The van der Waals surface area contributed by atoms with Crippen LogP contribution in [0, 0.1) is 11.8 Å². The summed E-state index contributed by atoms with van der Waals surface area (Å²) in [7, 11) is 4.17. The molecule has 1 saturated carbocycles. The second-order valence-corrected chi connectivity index (χ2v) is 14.9. The molecule has 7 heterocycles. The largest absolute Gasteiger partial charge is 0.496 e. The summed E-state index contributed by atoms with van der Waals surface area (Å²) in [5.74, 6) is 1.13. The third-order valence-electron chi connectivity index (χ3n) is 13.1. The number of aromatic nitrogens is 2. The molecule has 4 aliphatic heterocycles. The van der Waals surface area contributed by atoms with Gasteiger partial charge in [-0.1, -0.05) is 37.3 Å². The number of fused-ring (bicyclic) bond motifs is 9. The first-order valence-corrected chi connectivity index (χ1v) is 17.3. The first kappa shape index (κ1) is 27.9. The highest BCUT2D eigenvalue weighted by atomic mass is 16.5. The van der Waals surface area contributed by atoms with E-state index in [0.29, 0.717) is 6.04 Å². The monoisotopic (exact) mass is 626 g/mol. The molecule has 5 aliphatic rings. The smallest absolute Gasteiger partial charge is 0.235 e. The third kappa shape index (κ3) is 3.35. The first-order chi connectivity index (χ1) is 22.9. The number of hydrogen-bond donors (Lipinski definition) is 3. The molecule has 238 valence electrons. The Kier molecular flexibility index (Phi) is 5.62. The fourth-order valence-corrected chi connectivity index (χ4v) is 11.3. The minimum atomic E-state index is -0.623. The van der Waals surface area contributed by atoms with E-state index in [-0.39, 0.29) is 29.9 Å².